The number of amides is 1. The molecule has 0 aliphatic heterocycles. The molecule has 0 bridgehead atoms. The van der Waals surface area contributed by atoms with E-state index < -0.39 is 5.82 Å². The van der Waals surface area contributed by atoms with Gasteiger partial charge in [-0.25, -0.2) is 4.39 Å². The van der Waals surface area contributed by atoms with E-state index in [4.69, 9.17) is 17.3 Å². The summed E-state index contributed by atoms with van der Waals surface area (Å²) in [5, 5.41) is 4.77. The van der Waals surface area contributed by atoms with E-state index in [0.29, 0.717) is 21.2 Å². The molecule has 1 aromatic carbocycles. The van der Waals surface area contributed by atoms with Gasteiger partial charge in [0.1, 0.15) is 10.7 Å². The lowest BCUT2D eigenvalue weighted by Crippen LogP contribution is -2.12. The first kappa shape index (κ1) is 14.5. The molecule has 2 rings (SSSR count). The van der Waals surface area contributed by atoms with E-state index in [1.165, 1.54) is 29.5 Å². The zero-order valence-electron chi connectivity index (χ0n) is 10.2. The summed E-state index contributed by atoms with van der Waals surface area (Å²) in [6.07, 6.45) is 0. The van der Waals surface area contributed by atoms with E-state index >= 15 is 0 Å². The lowest BCUT2D eigenvalue weighted by molar-refractivity contribution is 0.103. The van der Waals surface area contributed by atoms with Crippen LogP contribution in [-0.2, 0) is 0 Å². The van der Waals surface area contributed by atoms with Gasteiger partial charge in [0.15, 0.2) is 0 Å². The van der Waals surface area contributed by atoms with Gasteiger partial charge in [-0.1, -0.05) is 23.4 Å². The lowest BCUT2D eigenvalue weighted by Gasteiger charge is -2.07. The van der Waals surface area contributed by atoms with Crippen LogP contribution in [0.25, 0.3) is 0 Å². The summed E-state index contributed by atoms with van der Waals surface area (Å²) in [6, 6.07) is 5.59. The maximum Gasteiger partial charge on any atom is 0.267 e. The van der Waals surface area contributed by atoms with Crippen molar-refractivity contribution in [2.75, 3.05) is 11.9 Å². The van der Waals surface area contributed by atoms with Gasteiger partial charge in [-0.3, -0.25) is 4.79 Å². The second-order valence-electron chi connectivity index (χ2n) is 3.75. The third kappa shape index (κ3) is 3.36. The van der Waals surface area contributed by atoms with Crippen LogP contribution in [0, 0.1) is 17.7 Å². The van der Waals surface area contributed by atoms with Crippen LogP contribution in [0.5, 0.6) is 0 Å². The van der Waals surface area contributed by atoms with Gasteiger partial charge >= 0.3 is 0 Å². The minimum Gasteiger partial charge on any atom is -0.320 e. The summed E-state index contributed by atoms with van der Waals surface area (Å²) < 4.78 is 13.2. The smallest absolute Gasteiger partial charge is 0.267 e. The molecule has 20 heavy (non-hydrogen) atoms. The Morgan fingerprint density at radius 1 is 1.45 bits per heavy atom. The third-order valence-corrected chi connectivity index (χ3v) is 3.72. The first-order chi connectivity index (χ1) is 9.61. The number of benzene rings is 1. The summed E-state index contributed by atoms with van der Waals surface area (Å²) in [6.45, 7) is 0.153. The Morgan fingerprint density at radius 3 is 2.90 bits per heavy atom. The number of hydrogen-bond acceptors (Lipinski definition) is 3. The van der Waals surface area contributed by atoms with Crippen LogP contribution >= 0.6 is 22.9 Å². The number of nitrogens with one attached hydrogen (secondary N) is 1. The van der Waals surface area contributed by atoms with Gasteiger partial charge < -0.3 is 11.1 Å². The average molecular weight is 309 g/mol. The molecular weight excluding hydrogens is 299 g/mol. The Hall–Kier alpha value is -1.87. The van der Waals surface area contributed by atoms with E-state index in [1.807, 2.05) is 0 Å². The molecule has 0 saturated heterocycles. The number of anilines is 1. The summed E-state index contributed by atoms with van der Waals surface area (Å²) in [7, 11) is 0. The van der Waals surface area contributed by atoms with Crippen molar-refractivity contribution in [3.8, 4) is 11.8 Å². The second kappa shape index (κ2) is 6.53. The fraction of sp³-hybridized carbons (Fsp3) is 0.0714. The van der Waals surface area contributed by atoms with Crippen LogP contribution in [0.1, 0.15) is 15.2 Å². The molecule has 1 aromatic heterocycles. The van der Waals surface area contributed by atoms with E-state index in [2.05, 4.69) is 17.2 Å². The molecule has 0 aliphatic rings. The highest BCUT2D eigenvalue weighted by Crippen LogP contribution is 2.24. The molecule has 0 fully saturated rings. The normalized spacial score (nSPS) is 9.75. The number of rotatable bonds is 2. The molecule has 0 aliphatic carbocycles. The summed E-state index contributed by atoms with van der Waals surface area (Å²) >= 11 is 7.12. The number of halogens is 2. The molecular formula is C14H10ClFN2OS. The quantitative estimate of drug-likeness (QED) is 0.838. The highest BCUT2D eigenvalue weighted by Gasteiger charge is 2.13. The highest BCUT2D eigenvalue weighted by atomic mass is 35.5. The zero-order valence-corrected chi connectivity index (χ0v) is 11.8. The molecule has 0 spiro atoms. The zero-order chi connectivity index (χ0) is 14.5. The van der Waals surface area contributed by atoms with Crippen molar-refractivity contribution in [2.24, 2.45) is 5.73 Å². The fourth-order valence-electron chi connectivity index (χ4n) is 1.51. The average Bonchev–Trinajstić information content (AvgIpc) is 2.85. The van der Waals surface area contributed by atoms with Crippen LogP contribution in [-0.4, -0.2) is 12.5 Å². The minimum atomic E-state index is -0.432. The Balaban J connectivity index is 2.29. The summed E-state index contributed by atoms with van der Waals surface area (Å²) in [5.41, 5.74) is 6.08. The van der Waals surface area contributed by atoms with E-state index in [9.17, 15) is 9.18 Å². The highest BCUT2D eigenvalue weighted by molar-refractivity contribution is 7.12. The maximum absolute atomic E-state index is 13.2. The van der Waals surface area contributed by atoms with Crippen molar-refractivity contribution >= 4 is 34.5 Å². The SMILES string of the molecule is NCC#Cc1cc(F)ccc1NC(=O)c1sccc1Cl. The molecule has 3 N–H and O–H groups in total. The molecule has 1 amide bonds. The predicted octanol–water partition coefficient (Wildman–Crippen LogP) is 3.10. The monoisotopic (exact) mass is 308 g/mol. The van der Waals surface area contributed by atoms with Crippen molar-refractivity contribution in [1.82, 2.24) is 0 Å². The molecule has 2 aromatic rings. The molecule has 6 heteroatoms. The minimum absolute atomic E-state index is 0.153. The Kier molecular flexibility index (Phi) is 4.74. The van der Waals surface area contributed by atoms with Crippen LogP contribution in [0.2, 0.25) is 5.02 Å². The van der Waals surface area contributed by atoms with Crippen LogP contribution < -0.4 is 11.1 Å². The number of thiophene rings is 1. The van der Waals surface area contributed by atoms with Gasteiger partial charge in [0.25, 0.3) is 5.91 Å². The van der Waals surface area contributed by atoms with Crippen molar-refractivity contribution < 1.29 is 9.18 Å². The third-order valence-electron chi connectivity index (χ3n) is 2.38. The topological polar surface area (TPSA) is 55.1 Å². The molecule has 3 nitrogen and oxygen atoms in total. The number of carbonyl (C=O) groups is 1. The fourth-order valence-corrected chi connectivity index (χ4v) is 2.55. The van der Waals surface area contributed by atoms with Crippen LogP contribution in [0.4, 0.5) is 10.1 Å². The summed E-state index contributed by atoms with van der Waals surface area (Å²) in [5.74, 6) is 4.56. The van der Waals surface area contributed by atoms with Gasteiger partial charge in [0.2, 0.25) is 0 Å². The van der Waals surface area contributed by atoms with E-state index in [-0.39, 0.29) is 12.5 Å². The standard InChI is InChI=1S/C14H10ClFN2OS/c15-11-5-7-20-13(11)14(19)18-12-4-3-10(16)8-9(12)2-1-6-17/h3-5,7-8H,6,17H2,(H,18,19). The second-order valence-corrected chi connectivity index (χ2v) is 5.07. The Morgan fingerprint density at radius 2 is 2.25 bits per heavy atom. The van der Waals surface area contributed by atoms with Gasteiger partial charge in [-0.15, -0.1) is 11.3 Å². The predicted molar refractivity (Wildman–Crippen MR) is 79.6 cm³/mol. The Bertz CT molecular complexity index is 703. The largest absolute Gasteiger partial charge is 0.320 e. The molecule has 0 unspecified atom stereocenters. The van der Waals surface area contributed by atoms with Gasteiger partial charge in [-0.2, -0.15) is 0 Å². The summed E-state index contributed by atoms with van der Waals surface area (Å²) in [4.78, 5) is 12.5. The van der Waals surface area contributed by atoms with E-state index in [0.717, 1.165) is 0 Å². The van der Waals surface area contributed by atoms with Crippen molar-refractivity contribution in [1.29, 1.82) is 0 Å². The molecule has 102 valence electrons. The number of carbonyl (C=O) groups excluding carboxylic acids is 1. The van der Waals surface area contributed by atoms with Crippen LogP contribution in [0.15, 0.2) is 29.6 Å². The first-order valence-corrected chi connectivity index (χ1v) is 6.90. The number of hydrogen-bond donors (Lipinski definition) is 2. The van der Waals surface area contributed by atoms with Gasteiger partial charge in [0.05, 0.1) is 22.8 Å². The van der Waals surface area contributed by atoms with Crippen molar-refractivity contribution in [3.05, 3.63) is 50.9 Å². The lowest BCUT2D eigenvalue weighted by atomic mass is 10.1. The number of nitrogens with two attached hydrogens (primary N) is 1. The molecule has 0 atom stereocenters. The van der Waals surface area contributed by atoms with E-state index in [1.54, 1.807) is 11.4 Å². The first-order valence-electron chi connectivity index (χ1n) is 5.64. The molecule has 1 heterocycles. The van der Waals surface area contributed by atoms with Gasteiger partial charge in [0, 0.05) is 0 Å². The van der Waals surface area contributed by atoms with Crippen molar-refractivity contribution in [3.63, 3.8) is 0 Å². The van der Waals surface area contributed by atoms with Gasteiger partial charge in [-0.05, 0) is 29.6 Å². The maximum atomic E-state index is 13.2. The van der Waals surface area contributed by atoms with Crippen LogP contribution in [0.3, 0.4) is 0 Å². The van der Waals surface area contributed by atoms with Crippen molar-refractivity contribution in [2.45, 2.75) is 0 Å². The molecule has 0 radical (unpaired) electrons. The molecule has 0 saturated carbocycles. The Labute approximate surface area is 124 Å².